The molecule has 0 unspecified atom stereocenters. The van der Waals surface area contributed by atoms with Crippen LogP contribution in [0, 0.1) is 75.0 Å². The molecule has 1 saturated heterocycles. The van der Waals surface area contributed by atoms with Crippen molar-refractivity contribution in [2.24, 2.45) is 11.3 Å². The molecule has 38 heavy (non-hydrogen) atoms. The summed E-state index contributed by atoms with van der Waals surface area (Å²) in [6, 6.07) is 4.18. The van der Waals surface area contributed by atoms with Crippen molar-refractivity contribution in [2.45, 2.75) is 54.9 Å². The third kappa shape index (κ3) is 3.22. The molecule has 6 aliphatic carbocycles. The molecule has 4 bridgehead atoms. The first kappa shape index (κ1) is 27.1. The SMILES string of the molecule is CO[C@@]12C=C[C@@]3(C[C@@H]1[C@@](C)(O)[C]1[CH][CH][CH][CH]1)[C@H]1Cc4ccc(O)c5c4[C@@]3(CCN1C)[C@H]2O5.[CH]1[CH][CH][CH][CH]1.[Fe+2]. The first-order valence-electron chi connectivity index (χ1n) is 13.4. The van der Waals surface area contributed by atoms with Crippen molar-refractivity contribution >= 4 is 0 Å². The molecule has 2 spiro atoms. The smallest absolute Gasteiger partial charge is 0.504 e. The minimum atomic E-state index is -1.08. The molecular weight excluding hydrogens is 518 g/mol. The fraction of sp³-hybridized carbons (Fsp3) is 0.438. The molecule has 2 N–H and O–H groups in total. The Hall–Kier alpha value is -1.04. The number of phenolic OH excluding ortho intramolecular Hbond substituents is 1. The summed E-state index contributed by atoms with van der Waals surface area (Å²) >= 11 is 0. The summed E-state index contributed by atoms with van der Waals surface area (Å²) < 4.78 is 13.2. The number of hydrogen-bond donors (Lipinski definition) is 2. The van der Waals surface area contributed by atoms with Gasteiger partial charge in [0, 0.05) is 36.0 Å². The van der Waals surface area contributed by atoms with Crippen molar-refractivity contribution in [3.05, 3.63) is 99.1 Å². The van der Waals surface area contributed by atoms with Gasteiger partial charge in [0.1, 0.15) is 11.7 Å². The van der Waals surface area contributed by atoms with E-state index in [-0.39, 0.29) is 45.7 Å². The van der Waals surface area contributed by atoms with Crippen molar-refractivity contribution < 1.29 is 36.8 Å². The standard InChI is InChI=1S/C27H30NO4.C5H5.Fe/c1-24(30,17-6-4-5-7-17)19-15-25-10-11-27(19,31-3)23-26(25)12-13-28(2)20(25)14-16-8-9-18(29)22(32-23)21(16)26;1-2-4-5-3-1;/h4-11,19-20,23,29-30H,12-15H2,1-3H3;1-5H;/q;;+2/t19-,20-,23-,24+,25-,26+,27+;;/m1../s1. The zero-order valence-corrected chi connectivity index (χ0v) is 23.2. The number of likely N-dealkylation sites (N-methyl/N-ethyl adjacent to an activating group) is 1. The van der Waals surface area contributed by atoms with Crippen molar-refractivity contribution in [2.75, 3.05) is 20.7 Å². The second-order valence-corrected chi connectivity index (χ2v) is 11.8. The molecule has 1 aromatic carbocycles. The number of methoxy groups -OCH3 is 1. The van der Waals surface area contributed by atoms with Gasteiger partial charge in [-0.05, 0) is 109 Å². The summed E-state index contributed by atoms with van der Waals surface area (Å²) in [6.45, 7) is 2.91. The maximum atomic E-state index is 12.0. The van der Waals surface area contributed by atoms with Gasteiger partial charge in [0.2, 0.25) is 0 Å². The van der Waals surface area contributed by atoms with Gasteiger partial charge in [-0.2, -0.15) is 0 Å². The first-order valence-corrected chi connectivity index (χ1v) is 13.4. The van der Waals surface area contributed by atoms with Crippen LogP contribution in [0.25, 0.3) is 0 Å². The van der Waals surface area contributed by atoms with Crippen LogP contribution < -0.4 is 4.74 Å². The first-order chi connectivity index (χ1) is 17.8. The number of aromatic hydroxyl groups is 1. The van der Waals surface area contributed by atoms with Crippen molar-refractivity contribution in [3.63, 3.8) is 0 Å². The Kier molecular flexibility index (Phi) is 6.60. The van der Waals surface area contributed by atoms with Gasteiger partial charge in [-0.15, -0.1) is 0 Å². The normalized spacial score (nSPS) is 41.5. The van der Waals surface area contributed by atoms with E-state index in [1.807, 2.05) is 64.7 Å². The number of fused-ring (bicyclic) bond motifs is 1. The molecular formula is C32H35FeNO4+2. The third-order valence-electron chi connectivity index (χ3n) is 10.6. The summed E-state index contributed by atoms with van der Waals surface area (Å²) in [7, 11) is 3.98. The van der Waals surface area contributed by atoms with Crippen LogP contribution >= 0.6 is 0 Å². The maximum Gasteiger partial charge on any atom is 2.00 e. The largest absolute Gasteiger partial charge is 2.00 e. The van der Waals surface area contributed by atoms with E-state index < -0.39 is 11.2 Å². The average Bonchev–Trinajstić information content (AvgIpc) is 3.69. The second kappa shape index (κ2) is 9.24. The molecule has 198 valence electrons. The molecule has 0 aromatic heterocycles. The minimum Gasteiger partial charge on any atom is -0.504 e. The number of rotatable bonds is 3. The maximum absolute atomic E-state index is 12.0. The molecule has 5 nitrogen and oxygen atoms in total. The molecule has 6 heteroatoms. The number of aliphatic hydroxyl groups is 1. The Morgan fingerprint density at radius 1 is 1.05 bits per heavy atom. The van der Waals surface area contributed by atoms with Crippen LogP contribution in [0.15, 0.2) is 24.3 Å². The number of piperidine rings is 1. The Bertz CT molecular complexity index is 1100. The Balaban J connectivity index is 0.000000398. The molecule has 2 aliphatic heterocycles. The van der Waals surface area contributed by atoms with Crippen molar-refractivity contribution in [1.29, 1.82) is 0 Å². The van der Waals surface area contributed by atoms with E-state index in [1.165, 1.54) is 11.1 Å². The van der Waals surface area contributed by atoms with E-state index in [9.17, 15) is 10.2 Å². The molecule has 0 amide bonds. The summed E-state index contributed by atoms with van der Waals surface area (Å²) in [5, 5.41) is 22.9. The number of phenols is 1. The fourth-order valence-corrected chi connectivity index (χ4v) is 8.93. The summed E-state index contributed by atoms with van der Waals surface area (Å²) in [6.07, 6.45) is 25.0. The monoisotopic (exact) mass is 553 g/mol. The number of nitrogens with zero attached hydrogens (tertiary/aromatic N) is 1. The van der Waals surface area contributed by atoms with Crippen molar-refractivity contribution in [3.8, 4) is 11.5 Å². The molecule has 9 rings (SSSR count). The van der Waals surface area contributed by atoms with E-state index in [4.69, 9.17) is 9.47 Å². The molecule has 8 aliphatic rings. The average molecular weight is 553 g/mol. The van der Waals surface area contributed by atoms with E-state index >= 15 is 0 Å². The second-order valence-electron chi connectivity index (χ2n) is 11.8. The Labute approximate surface area is 238 Å². The Morgan fingerprint density at radius 2 is 1.74 bits per heavy atom. The fourth-order valence-electron chi connectivity index (χ4n) is 8.93. The quantitative estimate of drug-likeness (QED) is 0.441. The van der Waals surface area contributed by atoms with Gasteiger partial charge in [0.25, 0.3) is 0 Å². The predicted molar refractivity (Wildman–Crippen MR) is 141 cm³/mol. The van der Waals surface area contributed by atoms with E-state index in [0.29, 0.717) is 11.8 Å². The third-order valence-corrected chi connectivity index (χ3v) is 10.6. The van der Waals surface area contributed by atoms with Gasteiger partial charge in [0.15, 0.2) is 11.5 Å². The molecule has 7 atom stereocenters. The number of hydrogen-bond acceptors (Lipinski definition) is 5. The van der Waals surface area contributed by atoms with Gasteiger partial charge in [0.05, 0.1) is 11.0 Å². The number of ether oxygens (including phenoxy) is 2. The number of likely N-dealkylation sites (tertiary alicyclic amines) is 1. The van der Waals surface area contributed by atoms with Gasteiger partial charge in [-0.1, -0.05) is 18.2 Å². The molecule has 2 heterocycles. The van der Waals surface area contributed by atoms with Crippen LogP contribution in [-0.4, -0.2) is 59.2 Å². The molecule has 1 aromatic rings. The molecule has 10 radical (unpaired) electrons. The zero-order valence-electron chi connectivity index (χ0n) is 22.1. The van der Waals surface area contributed by atoms with Crippen molar-refractivity contribution in [1.82, 2.24) is 4.90 Å². The van der Waals surface area contributed by atoms with Crippen LogP contribution in [0.4, 0.5) is 0 Å². The van der Waals surface area contributed by atoms with Crippen LogP contribution in [0.3, 0.4) is 0 Å². The molecule has 4 fully saturated rings. The summed E-state index contributed by atoms with van der Waals surface area (Å²) in [5.74, 6) is 1.58. The van der Waals surface area contributed by atoms with Crippen LogP contribution in [0.1, 0.15) is 30.9 Å². The van der Waals surface area contributed by atoms with Gasteiger partial charge >= 0.3 is 17.1 Å². The number of benzene rings is 1. The predicted octanol–water partition coefficient (Wildman–Crippen LogP) is 3.79. The topological polar surface area (TPSA) is 62.2 Å². The van der Waals surface area contributed by atoms with Gasteiger partial charge in [-0.3, -0.25) is 0 Å². The van der Waals surface area contributed by atoms with Gasteiger partial charge in [-0.25, -0.2) is 0 Å². The minimum absolute atomic E-state index is 0. The van der Waals surface area contributed by atoms with E-state index in [0.717, 1.165) is 31.7 Å². The molecule has 3 saturated carbocycles. The van der Waals surface area contributed by atoms with E-state index in [2.05, 4.69) is 30.2 Å². The summed E-state index contributed by atoms with van der Waals surface area (Å²) in [5.41, 5.74) is 0.181. The zero-order chi connectivity index (χ0) is 25.6. The van der Waals surface area contributed by atoms with Crippen LogP contribution in [-0.2, 0) is 33.6 Å². The van der Waals surface area contributed by atoms with Crippen LogP contribution in [0.5, 0.6) is 11.5 Å². The summed E-state index contributed by atoms with van der Waals surface area (Å²) in [4.78, 5) is 2.50. The van der Waals surface area contributed by atoms with Gasteiger partial charge < -0.3 is 24.6 Å². The van der Waals surface area contributed by atoms with E-state index in [1.54, 1.807) is 13.2 Å². The Morgan fingerprint density at radius 3 is 2.39 bits per heavy atom. The van der Waals surface area contributed by atoms with Crippen LogP contribution in [0.2, 0.25) is 0 Å².